The van der Waals surface area contributed by atoms with E-state index >= 15 is 0 Å². The standard InChI is InChI=1S/C38H79O9PS/c1-3-5-7-9-11-13-15-17-19-21-23-25-27-29-31-45-38(35-47-48(41,42)46-34-37(40)33-39)36-49(43,44)32-30-28-26-24-22-20-18-16-14-12-10-8-6-4-2/h37-40H,3-36H2,1-2H3,(H,41,42). The third kappa shape index (κ3) is 36.1. The van der Waals surface area contributed by atoms with Crippen LogP contribution in [-0.4, -0.2) is 73.7 Å². The van der Waals surface area contributed by atoms with Gasteiger partial charge in [-0.2, -0.15) is 0 Å². The first-order valence-electron chi connectivity index (χ1n) is 20.4. The average molecular weight is 743 g/mol. The van der Waals surface area contributed by atoms with Crippen molar-refractivity contribution in [3.05, 3.63) is 0 Å². The monoisotopic (exact) mass is 743 g/mol. The molecule has 3 unspecified atom stereocenters. The Morgan fingerprint density at radius 2 is 0.898 bits per heavy atom. The molecule has 0 aliphatic rings. The summed E-state index contributed by atoms with van der Waals surface area (Å²) >= 11 is 0. The number of phosphoric ester groups is 1. The highest BCUT2D eigenvalue weighted by molar-refractivity contribution is 7.91. The van der Waals surface area contributed by atoms with E-state index in [1.54, 1.807) is 0 Å². The molecule has 0 aromatic rings. The van der Waals surface area contributed by atoms with Gasteiger partial charge in [0.1, 0.15) is 6.10 Å². The third-order valence-electron chi connectivity index (χ3n) is 9.16. The van der Waals surface area contributed by atoms with Crippen molar-refractivity contribution in [2.45, 2.75) is 206 Å². The van der Waals surface area contributed by atoms with Crippen LogP contribution in [0.1, 0.15) is 194 Å². The van der Waals surface area contributed by atoms with Crippen molar-refractivity contribution in [1.82, 2.24) is 0 Å². The van der Waals surface area contributed by atoms with Gasteiger partial charge in [-0.05, 0) is 12.8 Å². The second-order valence-corrected chi connectivity index (χ2v) is 17.9. The van der Waals surface area contributed by atoms with E-state index in [0.29, 0.717) is 13.0 Å². The van der Waals surface area contributed by atoms with Crippen LogP contribution in [0.5, 0.6) is 0 Å². The topological polar surface area (TPSA) is 140 Å². The Morgan fingerprint density at radius 3 is 1.29 bits per heavy atom. The van der Waals surface area contributed by atoms with Gasteiger partial charge in [0.2, 0.25) is 0 Å². The van der Waals surface area contributed by atoms with Gasteiger partial charge < -0.3 is 19.8 Å². The van der Waals surface area contributed by atoms with E-state index < -0.39 is 49.7 Å². The van der Waals surface area contributed by atoms with E-state index in [-0.39, 0.29) is 11.5 Å². The average Bonchev–Trinajstić information content (AvgIpc) is 3.07. The Labute approximate surface area is 302 Å². The van der Waals surface area contributed by atoms with Crippen molar-refractivity contribution < 1.29 is 41.9 Å². The molecule has 0 radical (unpaired) electrons. The number of aliphatic hydroxyl groups excluding tert-OH is 2. The predicted octanol–water partition coefficient (Wildman–Crippen LogP) is 10.2. The van der Waals surface area contributed by atoms with Gasteiger partial charge >= 0.3 is 7.82 Å². The fraction of sp³-hybridized carbons (Fsp3) is 1.00. The summed E-state index contributed by atoms with van der Waals surface area (Å²) in [7, 11) is -8.01. The van der Waals surface area contributed by atoms with Crippen LogP contribution in [0, 0.1) is 0 Å². The molecule has 0 bridgehead atoms. The Kier molecular flexibility index (Phi) is 35.0. The zero-order valence-corrected chi connectivity index (χ0v) is 33.6. The minimum atomic E-state index is -4.55. The Hall–Kier alpha value is -0.0600. The maximum Gasteiger partial charge on any atom is 0.472 e. The predicted molar refractivity (Wildman–Crippen MR) is 204 cm³/mol. The molecule has 0 spiro atoms. The van der Waals surface area contributed by atoms with Gasteiger partial charge in [0.15, 0.2) is 9.84 Å². The molecule has 11 heteroatoms. The maximum absolute atomic E-state index is 12.9. The molecule has 0 fully saturated rings. The van der Waals surface area contributed by atoms with Crippen LogP contribution in [-0.2, 0) is 28.2 Å². The highest BCUT2D eigenvalue weighted by Crippen LogP contribution is 2.43. The molecule has 0 aliphatic heterocycles. The first-order valence-corrected chi connectivity index (χ1v) is 23.7. The second-order valence-electron chi connectivity index (χ2n) is 14.2. The number of ether oxygens (including phenoxy) is 1. The summed E-state index contributed by atoms with van der Waals surface area (Å²) in [6, 6.07) is 0. The van der Waals surface area contributed by atoms with Crippen LogP contribution in [0.15, 0.2) is 0 Å². The number of unbranched alkanes of at least 4 members (excludes halogenated alkanes) is 26. The summed E-state index contributed by atoms with van der Waals surface area (Å²) in [6.45, 7) is 3.23. The van der Waals surface area contributed by atoms with Gasteiger partial charge in [0.05, 0.1) is 37.4 Å². The summed E-state index contributed by atoms with van der Waals surface area (Å²) in [5.41, 5.74) is 0. The van der Waals surface area contributed by atoms with Crippen molar-refractivity contribution in [3.8, 4) is 0 Å². The lowest BCUT2D eigenvalue weighted by Gasteiger charge is -2.20. The van der Waals surface area contributed by atoms with E-state index in [1.807, 2.05) is 0 Å². The Balaban J connectivity index is 4.32. The lowest BCUT2D eigenvalue weighted by atomic mass is 10.0. The summed E-state index contributed by atoms with van der Waals surface area (Å²) in [6.07, 6.45) is 31.8. The van der Waals surface area contributed by atoms with E-state index in [4.69, 9.17) is 18.9 Å². The normalized spacial score (nSPS) is 14.6. The van der Waals surface area contributed by atoms with Gasteiger partial charge in [-0.15, -0.1) is 0 Å². The van der Waals surface area contributed by atoms with Gasteiger partial charge in [-0.3, -0.25) is 9.05 Å². The molecule has 0 saturated carbocycles. The molecule has 0 heterocycles. The summed E-state index contributed by atoms with van der Waals surface area (Å²) < 4.78 is 53.8. The number of aliphatic hydroxyl groups is 2. The molecule has 0 saturated heterocycles. The Bertz CT molecular complexity index is 843. The molecule has 0 aromatic heterocycles. The highest BCUT2D eigenvalue weighted by Gasteiger charge is 2.27. The zero-order chi connectivity index (χ0) is 36.3. The van der Waals surface area contributed by atoms with Crippen LogP contribution in [0.3, 0.4) is 0 Å². The number of hydrogen-bond donors (Lipinski definition) is 3. The molecule has 49 heavy (non-hydrogen) atoms. The van der Waals surface area contributed by atoms with Gasteiger partial charge in [0.25, 0.3) is 0 Å². The molecular formula is C38H79O9PS. The largest absolute Gasteiger partial charge is 0.472 e. The lowest BCUT2D eigenvalue weighted by molar-refractivity contribution is 0.00749. The number of hydrogen-bond acceptors (Lipinski definition) is 8. The van der Waals surface area contributed by atoms with Crippen LogP contribution >= 0.6 is 7.82 Å². The van der Waals surface area contributed by atoms with E-state index in [1.165, 1.54) is 135 Å². The molecule has 3 N–H and O–H groups in total. The number of phosphoric acid groups is 1. The number of rotatable bonds is 40. The molecule has 0 aliphatic carbocycles. The second kappa shape index (κ2) is 35.0. The molecule has 0 rings (SSSR count). The van der Waals surface area contributed by atoms with Gasteiger partial charge in [-0.1, -0.05) is 181 Å². The quantitative estimate of drug-likeness (QED) is 0.0413. The summed E-state index contributed by atoms with van der Waals surface area (Å²) in [5.74, 6) is -0.233. The molecular weight excluding hydrogens is 663 g/mol. The smallest absolute Gasteiger partial charge is 0.394 e. The van der Waals surface area contributed by atoms with Crippen molar-refractivity contribution >= 4 is 17.7 Å². The van der Waals surface area contributed by atoms with Crippen molar-refractivity contribution in [2.24, 2.45) is 0 Å². The minimum absolute atomic E-state index is 0.0553. The van der Waals surface area contributed by atoms with Crippen molar-refractivity contribution in [1.29, 1.82) is 0 Å². The van der Waals surface area contributed by atoms with Gasteiger partial charge in [0, 0.05) is 6.61 Å². The highest BCUT2D eigenvalue weighted by atomic mass is 32.2. The fourth-order valence-corrected chi connectivity index (χ4v) is 8.38. The molecule has 3 atom stereocenters. The minimum Gasteiger partial charge on any atom is -0.394 e. The lowest BCUT2D eigenvalue weighted by Crippen LogP contribution is -2.30. The van der Waals surface area contributed by atoms with Crippen LogP contribution < -0.4 is 0 Å². The zero-order valence-electron chi connectivity index (χ0n) is 31.8. The number of sulfone groups is 1. The molecule has 0 aromatic carbocycles. The Morgan fingerprint density at radius 1 is 0.551 bits per heavy atom. The van der Waals surface area contributed by atoms with E-state index in [0.717, 1.165) is 38.5 Å². The molecule has 296 valence electrons. The van der Waals surface area contributed by atoms with Gasteiger partial charge in [-0.25, -0.2) is 13.0 Å². The SMILES string of the molecule is CCCCCCCCCCCCCCCCOC(COP(=O)(O)OCC(O)CO)CS(=O)(=O)CCCCCCCCCCCCCCCC. The maximum atomic E-state index is 12.9. The van der Waals surface area contributed by atoms with Crippen molar-refractivity contribution in [2.75, 3.05) is 37.9 Å². The van der Waals surface area contributed by atoms with Crippen molar-refractivity contribution in [3.63, 3.8) is 0 Å². The molecule has 9 nitrogen and oxygen atoms in total. The van der Waals surface area contributed by atoms with E-state index in [2.05, 4.69) is 13.8 Å². The first kappa shape index (κ1) is 48.9. The fourth-order valence-electron chi connectivity index (χ4n) is 6.02. The summed E-state index contributed by atoms with van der Waals surface area (Å²) in [4.78, 5) is 9.97. The first-order chi connectivity index (χ1) is 23.7. The van der Waals surface area contributed by atoms with E-state index in [9.17, 15) is 23.0 Å². The molecule has 0 amide bonds. The van der Waals surface area contributed by atoms with Crippen LogP contribution in [0.25, 0.3) is 0 Å². The third-order valence-corrected chi connectivity index (χ3v) is 11.9. The van der Waals surface area contributed by atoms with Crippen LogP contribution in [0.4, 0.5) is 0 Å². The summed E-state index contributed by atoms with van der Waals surface area (Å²) in [5, 5.41) is 18.3. The van der Waals surface area contributed by atoms with Crippen LogP contribution in [0.2, 0.25) is 0 Å².